The number of hydrogen-bond donors (Lipinski definition) is 2. The van der Waals surface area contributed by atoms with E-state index < -0.39 is 5.97 Å². The van der Waals surface area contributed by atoms with Crippen LogP contribution in [0.15, 0.2) is 54.4 Å². The van der Waals surface area contributed by atoms with Crippen molar-refractivity contribution in [1.29, 1.82) is 0 Å². The fraction of sp³-hybridized carbons (Fsp3) is 0. The van der Waals surface area contributed by atoms with Gasteiger partial charge in [0.15, 0.2) is 0 Å². The molecule has 0 radical (unpaired) electrons. The molecule has 4 N–H and O–H groups in total. The topological polar surface area (TPSA) is 78.3 Å². The smallest absolute Gasteiger partial charge is 0.361 e. The average Bonchev–Trinajstić information content (AvgIpc) is 2.37. The number of nitrogens with two attached hydrogens (primary N) is 2. The first-order valence-corrected chi connectivity index (χ1v) is 5.09. The van der Waals surface area contributed by atoms with Gasteiger partial charge < -0.3 is 16.2 Å². The summed E-state index contributed by atoms with van der Waals surface area (Å²) < 4.78 is 5.06. The molecule has 0 fully saturated rings. The number of carbonyl (C=O) groups excluding carboxylic acids is 1. The first kappa shape index (κ1) is 11.0. The van der Waals surface area contributed by atoms with Crippen molar-refractivity contribution in [3.63, 3.8) is 0 Å². The van der Waals surface area contributed by atoms with E-state index in [1.54, 1.807) is 12.1 Å². The zero-order valence-corrected chi connectivity index (χ0v) is 9.09. The van der Waals surface area contributed by atoms with E-state index in [2.05, 4.69) is 0 Å². The van der Waals surface area contributed by atoms with Crippen LogP contribution in [0, 0.1) is 0 Å². The predicted octanol–water partition coefficient (Wildman–Crippen LogP) is 1.50. The molecule has 2 aromatic carbocycles. The maximum Gasteiger partial charge on any atom is 0.361 e. The Morgan fingerprint density at radius 2 is 1.82 bits per heavy atom. The van der Waals surface area contributed by atoms with Gasteiger partial charge in [-0.15, -0.1) is 0 Å². The number of rotatable bonds is 2. The van der Waals surface area contributed by atoms with Crippen LogP contribution in [0.25, 0.3) is 10.8 Å². The Kier molecular flexibility index (Phi) is 2.96. The quantitative estimate of drug-likeness (QED) is 0.464. The molecule has 0 aromatic heterocycles. The molecule has 0 aliphatic heterocycles. The normalized spacial score (nSPS) is 11.4. The predicted molar refractivity (Wildman–Crippen MR) is 66.0 cm³/mol. The Balaban J connectivity index is 2.28. The van der Waals surface area contributed by atoms with Crippen molar-refractivity contribution in [2.75, 3.05) is 0 Å². The number of benzene rings is 2. The Labute approximate surface area is 98.5 Å². The highest BCUT2D eigenvalue weighted by atomic mass is 16.5. The van der Waals surface area contributed by atoms with Gasteiger partial charge in [0, 0.05) is 6.20 Å². The highest BCUT2D eigenvalue weighted by Crippen LogP contribution is 2.20. The summed E-state index contributed by atoms with van der Waals surface area (Å²) in [5.74, 6) is -0.207. The maximum absolute atomic E-state index is 11.4. The van der Waals surface area contributed by atoms with Gasteiger partial charge in [0.1, 0.15) is 11.4 Å². The van der Waals surface area contributed by atoms with Crippen LogP contribution < -0.4 is 16.2 Å². The number of esters is 1. The van der Waals surface area contributed by atoms with Gasteiger partial charge in [0.2, 0.25) is 0 Å². The molecule has 0 aliphatic carbocycles. The van der Waals surface area contributed by atoms with E-state index in [0.29, 0.717) is 5.75 Å². The van der Waals surface area contributed by atoms with Gasteiger partial charge in [-0.25, -0.2) is 4.79 Å². The molecule has 86 valence electrons. The van der Waals surface area contributed by atoms with Crippen LogP contribution in [0.1, 0.15) is 0 Å². The molecule has 0 aliphatic rings. The minimum absolute atomic E-state index is 0.113. The molecule has 0 saturated heterocycles. The number of carbonyl (C=O) groups is 1. The second-order valence-corrected chi connectivity index (χ2v) is 3.52. The largest absolute Gasteiger partial charge is 0.422 e. The molecular formula is C13H12N2O2. The van der Waals surface area contributed by atoms with E-state index in [1.165, 1.54) is 0 Å². The second kappa shape index (κ2) is 4.57. The first-order chi connectivity index (χ1) is 8.20. The SMILES string of the molecule is NC=C(N)C(=O)Oc1ccc2ccccc2c1. The summed E-state index contributed by atoms with van der Waals surface area (Å²) in [5.41, 5.74) is 10.4. The summed E-state index contributed by atoms with van der Waals surface area (Å²) in [7, 11) is 0. The Hall–Kier alpha value is -2.49. The van der Waals surface area contributed by atoms with E-state index in [1.807, 2.05) is 30.3 Å². The van der Waals surface area contributed by atoms with Gasteiger partial charge in [-0.2, -0.15) is 0 Å². The number of hydrogen-bond acceptors (Lipinski definition) is 4. The Morgan fingerprint density at radius 3 is 2.53 bits per heavy atom. The van der Waals surface area contributed by atoms with Crippen LogP contribution in [-0.4, -0.2) is 5.97 Å². The molecular weight excluding hydrogens is 216 g/mol. The van der Waals surface area contributed by atoms with E-state index in [0.717, 1.165) is 17.0 Å². The molecule has 0 saturated carbocycles. The van der Waals surface area contributed by atoms with Gasteiger partial charge in [-0.05, 0) is 22.9 Å². The third-order valence-corrected chi connectivity index (χ3v) is 2.35. The van der Waals surface area contributed by atoms with Gasteiger partial charge in [0.25, 0.3) is 0 Å². The molecule has 17 heavy (non-hydrogen) atoms. The highest BCUT2D eigenvalue weighted by molar-refractivity contribution is 5.90. The van der Waals surface area contributed by atoms with Crippen molar-refractivity contribution in [2.45, 2.75) is 0 Å². The molecule has 2 rings (SSSR count). The second-order valence-electron chi connectivity index (χ2n) is 3.52. The zero-order valence-electron chi connectivity index (χ0n) is 9.09. The molecule has 0 spiro atoms. The van der Waals surface area contributed by atoms with Crippen LogP contribution >= 0.6 is 0 Å². The standard InChI is InChI=1S/C13H12N2O2/c14-8-12(15)13(16)17-11-6-5-9-3-1-2-4-10(9)7-11/h1-8H,14-15H2. The van der Waals surface area contributed by atoms with Crippen LogP contribution in [0.4, 0.5) is 0 Å². The van der Waals surface area contributed by atoms with E-state index in [4.69, 9.17) is 16.2 Å². The molecule has 0 atom stereocenters. The molecule has 4 nitrogen and oxygen atoms in total. The molecule has 0 bridgehead atoms. The Bertz CT molecular complexity index is 591. The lowest BCUT2D eigenvalue weighted by molar-refractivity contribution is -0.130. The number of ether oxygens (including phenoxy) is 1. The van der Waals surface area contributed by atoms with Crippen molar-refractivity contribution >= 4 is 16.7 Å². The fourth-order valence-corrected chi connectivity index (χ4v) is 1.46. The molecule has 2 aromatic rings. The van der Waals surface area contributed by atoms with Gasteiger partial charge in [0.05, 0.1) is 0 Å². The lowest BCUT2D eigenvalue weighted by Crippen LogP contribution is -2.18. The van der Waals surface area contributed by atoms with Crippen molar-refractivity contribution in [3.05, 3.63) is 54.4 Å². The minimum atomic E-state index is -0.650. The molecule has 0 unspecified atom stereocenters. The van der Waals surface area contributed by atoms with Gasteiger partial charge in [-0.3, -0.25) is 0 Å². The van der Waals surface area contributed by atoms with Crippen molar-refractivity contribution in [1.82, 2.24) is 0 Å². The summed E-state index contributed by atoms with van der Waals surface area (Å²) >= 11 is 0. The van der Waals surface area contributed by atoms with E-state index in [9.17, 15) is 4.79 Å². The van der Waals surface area contributed by atoms with Gasteiger partial charge in [-0.1, -0.05) is 30.3 Å². The average molecular weight is 228 g/mol. The third kappa shape index (κ3) is 2.36. The van der Waals surface area contributed by atoms with Crippen LogP contribution in [0.2, 0.25) is 0 Å². The summed E-state index contributed by atoms with van der Waals surface area (Å²) in [4.78, 5) is 11.4. The molecule has 0 heterocycles. The zero-order chi connectivity index (χ0) is 12.3. The summed E-state index contributed by atoms with van der Waals surface area (Å²) in [6.07, 6.45) is 1.02. The third-order valence-electron chi connectivity index (χ3n) is 2.35. The minimum Gasteiger partial charge on any atom is -0.422 e. The van der Waals surface area contributed by atoms with Crippen molar-refractivity contribution in [3.8, 4) is 5.75 Å². The molecule has 4 heteroatoms. The van der Waals surface area contributed by atoms with Crippen LogP contribution in [0.5, 0.6) is 5.75 Å². The fourth-order valence-electron chi connectivity index (χ4n) is 1.46. The lowest BCUT2D eigenvalue weighted by atomic mass is 10.1. The van der Waals surface area contributed by atoms with Crippen LogP contribution in [0.3, 0.4) is 0 Å². The van der Waals surface area contributed by atoms with Crippen molar-refractivity contribution < 1.29 is 9.53 Å². The van der Waals surface area contributed by atoms with E-state index in [-0.39, 0.29) is 5.70 Å². The first-order valence-electron chi connectivity index (χ1n) is 5.09. The molecule has 0 amide bonds. The lowest BCUT2D eigenvalue weighted by Gasteiger charge is -2.05. The summed E-state index contributed by atoms with van der Waals surface area (Å²) in [5, 5.41) is 2.07. The summed E-state index contributed by atoms with van der Waals surface area (Å²) in [6, 6.07) is 13.1. The monoisotopic (exact) mass is 228 g/mol. The Morgan fingerprint density at radius 1 is 1.12 bits per heavy atom. The maximum atomic E-state index is 11.4. The highest BCUT2D eigenvalue weighted by Gasteiger charge is 2.07. The van der Waals surface area contributed by atoms with Crippen molar-refractivity contribution in [2.24, 2.45) is 11.5 Å². The number of fused-ring (bicyclic) bond motifs is 1. The van der Waals surface area contributed by atoms with Gasteiger partial charge >= 0.3 is 5.97 Å². The summed E-state index contributed by atoms with van der Waals surface area (Å²) in [6.45, 7) is 0. The van der Waals surface area contributed by atoms with Crippen LogP contribution in [-0.2, 0) is 4.79 Å². The van der Waals surface area contributed by atoms with E-state index >= 15 is 0 Å².